The average molecular weight is 342 g/mol. The molecule has 1 aliphatic rings. The van der Waals surface area contributed by atoms with Crippen LogP contribution in [0.25, 0.3) is 0 Å². The Balaban J connectivity index is 2.26. The van der Waals surface area contributed by atoms with Crippen molar-refractivity contribution in [3.8, 4) is 0 Å². The van der Waals surface area contributed by atoms with Gasteiger partial charge in [-0.05, 0) is 32.0 Å². The maximum Gasteiger partial charge on any atom is 0.293 e. The molecule has 2 N–H and O–H groups in total. The fraction of sp³-hybridized carbons (Fsp3) is 0.462. The molecule has 1 aromatic rings. The number of rotatable bonds is 7. The number of nitro groups is 1. The molecular weight excluding hydrogens is 324 g/mol. The zero-order valence-corrected chi connectivity index (χ0v) is 13.6. The Bertz CT molecular complexity index is 730. The van der Waals surface area contributed by atoms with Gasteiger partial charge in [-0.15, -0.1) is 0 Å². The molecule has 10 heteroatoms. The lowest BCUT2D eigenvalue weighted by atomic mass is 10.2. The molecule has 0 aliphatic heterocycles. The highest BCUT2D eigenvalue weighted by molar-refractivity contribution is 7.89. The van der Waals surface area contributed by atoms with Crippen molar-refractivity contribution >= 4 is 27.3 Å². The molecule has 0 aromatic heterocycles. The fourth-order valence-corrected chi connectivity index (χ4v) is 2.81. The Morgan fingerprint density at radius 2 is 2.09 bits per heavy atom. The van der Waals surface area contributed by atoms with E-state index in [9.17, 15) is 23.3 Å². The Morgan fingerprint density at radius 1 is 1.43 bits per heavy atom. The van der Waals surface area contributed by atoms with Crippen molar-refractivity contribution in [2.75, 3.05) is 25.5 Å². The highest BCUT2D eigenvalue weighted by Gasteiger charge is 2.26. The van der Waals surface area contributed by atoms with Crippen LogP contribution in [-0.2, 0) is 14.8 Å². The van der Waals surface area contributed by atoms with Gasteiger partial charge < -0.3 is 10.2 Å². The first-order chi connectivity index (χ1) is 10.7. The number of hydrogen-bond acceptors (Lipinski definition) is 6. The van der Waals surface area contributed by atoms with Gasteiger partial charge >= 0.3 is 0 Å². The second-order valence-electron chi connectivity index (χ2n) is 5.31. The number of carbonyl (C=O) groups is 1. The van der Waals surface area contributed by atoms with E-state index in [1.54, 1.807) is 7.05 Å². The summed E-state index contributed by atoms with van der Waals surface area (Å²) in [5.41, 5.74) is -0.195. The predicted molar refractivity (Wildman–Crippen MR) is 83.8 cm³/mol. The molecule has 0 unspecified atom stereocenters. The average Bonchev–Trinajstić information content (AvgIpc) is 3.30. The van der Waals surface area contributed by atoms with Gasteiger partial charge in [0.05, 0.1) is 16.4 Å². The highest BCUT2D eigenvalue weighted by atomic mass is 32.2. The molecule has 0 radical (unpaired) electrons. The Morgan fingerprint density at radius 3 is 2.61 bits per heavy atom. The smallest absolute Gasteiger partial charge is 0.293 e. The molecule has 23 heavy (non-hydrogen) atoms. The van der Waals surface area contributed by atoms with Gasteiger partial charge in [0, 0.05) is 19.2 Å². The summed E-state index contributed by atoms with van der Waals surface area (Å²) < 4.78 is 25.6. The van der Waals surface area contributed by atoms with E-state index in [-0.39, 0.29) is 34.8 Å². The van der Waals surface area contributed by atoms with Gasteiger partial charge in [-0.3, -0.25) is 14.9 Å². The van der Waals surface area contributed by atoms with Crippen LogP contribution in [0, 0.1) is 10.1 Å². The molecule has 0 heterocycles. The van der Waals surface area contributed by atoms with Gasteiger partial charge in [-0.1, -0.05) is 0 Å². The molecular formula is C13H18N4O5S. The molecule has 0 spiro atoms. The first-order valence-electron chi connectivity index (χ1n) is 6.97. The van der Waals surface area contributed by atoms with Gasteiger partial charge in [0.1, 0.15) is 5.69 Å². The van der Waals surface area contributed by atoms with E-state index in [4.69, 9.17) is 0 Å². The van der Waals surface area contributed by atoms with Crippen LogP contribution >= 0.6 is 0 Å². The van der Waals surface area contributed by atoms with Crippen LogP contribution in [0.4, 0.5) is 11.4 Å². The third kappa shape index (κ3) is 4.17. The molecule has 0 bridgehead atoms. The summed E-state index contributed by atoms with van der Waals surface area (Å²) in [7, 11) is -1.01. The van der Waals surface area contributed by atoms with E-state index in [1.807, 2.05) is 0 Å². The van der Waals surface area contributed by atoms with Crippen molar-refractivity contribution in [1.29, 1.82) is 0 Å². The van der Waals surface area contributed by atoms with E-state index in [1.165, 1.54) is 24.1 Å². The second kappa shape index (κ2) is 6.50. The van der Waals surface area contributed by atoms with Crippen molar-refractivity contribution in [1.82, 2.24) is 10.0 Å². The van der Waals surface area contributed by atoms with E-state index < -0.39 is 14.9 Å². The molecule has 1 amide bonds. The van der Waals surface area contributed by atoms with E-state index in [2.05, 4.69) is 10.0 Å². The minimum atomic E-state index is -3.78. The molecule has 9 nitrogen and oxygen atoms in total. The van der Waals surface area contributed by atoms with Crippen molar-refractivity contribution in [3.05, 3.63) is 28.3 Å². The third-order valence-electron chi connectivity index (χ3n) is 3.46. The van der Waals surface area contributed by atoms with Gasteiger partial charge in [0.25, 0.3) is 5.69 Å². The second-order valence-corrected chi connectivity index (χ2v) is 7.20. The molecule has 1 aromatic carbocycles. The van der Waals surface area contributed by atoms with Crippen LogP contribution < -0.4 is 14.9 Å². The van der Waals surface area contributed by atoms with Crippen LogP contribution in [0.5, 0.6) is 0 Å². The minimum Gasteiger partial charge on any atom is -0.360 e. The van der Waals surface area contributed by atoms with Gasteiger partial charge in [0.15, 0.2) is 0 Å². The summed E-state index contributed by atoms with van der Waals surface area (Å²) in [5.74, 6) is -0.226. The summed E-state index contributed by atoms with van der Waals surface area (Å²) in [6, 6.07) is 3.78. The first-order valence-corrected chi connectivity index (χ1v) is 8.45. The SMILES string of the molecule is CNS(=O)(=O)c1ccc(N(C)CC(=O)NC2CC2)c([N+](=O)[O-])c1. The Kier molecular flexibility index (Phi) is 4.85. The minimum absolute atomic E-state index is 0.0462. The number of likely N-dealkylation sites (N-methyl/N-ethyl adjacent to an activating group) is 1. The number of nitrogens with zero attached hydrogens (tertiary/aromatic N) is 2. The standard InChI is InChI=1S/C13H18N4O5S/c1-14-23(21,22)10-5-6-11(12(7-10)17(19)20)16(2)8-13(18)15-9-3-4-9/h5-7,9,14H,3-4,8H2,1-2H3,(H,15,18). The zero-order chi connectivity index (χ0) is 17.2. The van der Waals surface area contributed by atoms with E-state index >= 15 is 0 Å². The molecule has 1 fully saturated rings. The lowest BCUT2D eigenvalue weighted by Gasteiger charge is -2.19. The monoisotopic (exact) mass is 342 g/mol. The third-order valence-corrected chi connectivity index (χ3v) is 4.87. The fourth-order valence-electron chi connectivity index (χ4n) is 2.06. The van der Waals surface area contributed by atoms with E-state index in [0.29, 0.717) is 0 Å². The van der Waals surface area contributed by atoms with Gasteiger partial charge in [-0.2, -0.15) is 0 Å². The van der Waals surface area contributed by atoms with Crippen molar-refractivity contribution in [3.63, 3.8) is 0 Å². The number of benzene rings is 1. The number of nitrogens with one attached hydrogen (secondary N) is 2. The number of anilines is 1. The van der Waals surface area contributed by atoms with Crippen LogP contribution in [0.15, 0.2) is 23.1 Å². The van der Waals surface area contributed by atoms with Crippen LogP contribution in [0.2, 0.25) is 0 Å². The summed E-state index contributed by atoms with van der Waals surface area (Å²) >= 11 is 0. The lowest BCUT2D eigenvalue weighted by molar-refractivity contribution is -0.384. The van der Waals surface area contributed by atoms with Crippen LogP contribution in [-0.4, -0.2) is 45.9 Å². The topological polar surface area (TPSA) is 122 Å². The number of hydrogen-bond donors (Lipinski definition) is 2. The zero-order valence-electron chi connectivity index (χ0n) is 12.8. The summed E-state index contributed by atoms with van der Waals surface area (Å²) in [5, 5.41) is 14.0. The molecule has 0 atom stereocenters. The van der Waals surface area contributed by atoms with E-state index in [0.717, 1.165) is 18.9 Å². The van der Waals surface area contributed by atoms with Crippen LogP contribution in [0.1, 0.15) is 12.8 Å². The molecule has 0 saturated heterocycles. The van der Waals surface area contributed by atoms with Crippen molar-refractivity contribution in [2.45, 2.75) is 23.8 Å². The molecule has 126 valence electrons. The maximum atomic E-state index is 11.8. The molecule has 2 rings (SSSR count). The predicted octanol–water partition coefficient (Wildman–Crippen LogP) is 0.218. The van der Waals surface area contributed by atoms with Crippen molar-refractivity contribution in [2.24, 2.45) is 0 Å². The van der Waals surface area contributed by atoms with Crippen molar-refractivity contribution < 1.29 is 18.1 Å². The quantitative estimate of drug-likeness (QED) is 0.540. The maximum absolute atomic E-state index is 11.8. The summed E-state index contributed by atoms with van der Waals surface area (Å²) in [6.45, 7) is -0.0462. The lowest BCUT2D eigenvalue weighted by Crippen LogP contribution is -2.36. The normalized spacial score (nSPS) is 14.3. The Labute approximate surface area is 133 Å². The molecule has 1 saturated carbocycles. The van der Waals surface area contributed by atoms with Gasteiger partial charge in [-0.25, -0.2) is 13.1 Å². The highest BCUT2D eigenvalue weighted by Crippen LogP contribution is 2.30. The summed E-state index contributed by atoms with van der Waals surface area (Å²) in [6.07, 6.45) is 1.90. The first kappa shape index (κ1) is 17.2. The number of nitro benzene ring substituents is 1. The van der Waals surface area contributed by atoms with Crippen LogP contribution in [0.3, 0.4) is 0 Å². The Hall–Kier alpha value is -2.20. The largest absolute Gasteiger partial charge is 0.360 e. The number of carbonyl (C=O) groups excluding carboxylic acids is 1. The number of sulfonamides is 1. The summed E-state index contributed by atoms with van der Waals surface area (Å²) in [4.78, 5) is 23.6. The molecule has 1 aliphatic carbocycles. The van der Waals surface area contributed by atoms with Gasteiger partial charge in [0.2, 0.25) is 15.9 Å². The number of amides is 1.